The van der Waals surface area contributed by atoms with Crippen molar-refractivity contribution in [3.63, 3.8) is 0 Å². The number of rotatable bonds is 7. The molecule has 1 aromatic carbocycles. The summed E-state index contributed by atoms with van der Waals surface area (Å²) in [6.07, 6.45) is 1.28. The summed E-state index contributed by atoms with van der Waals surface area (Å²) in [5.74, 6) is -3.94. The average Bonchev–Trinajstić information content (AvgIpc) is 2.98. The van der Waals surface area contributed by atoms with E-state index in [1.807, 2.05) is 13.0 Å². The van der Waals surface area contributed by atoms with Gasteiger partial charge in [0.2, 0.25) is 5.91 Å². The summed E-state index contributed by atoms with van der Waals surface area (Å²) < 4.78 is 10.8. The number of hydrogen-bond acceptors (Lipinski definition) is 8. The van der Waals surface area contributed by atoms with Crippen molar-refractivity contribution in [2.45, 2.75) is 26.7 Å². The molecule has 2 heterocycles. The van der Waals surface area contributed by atoms with Gasteiger partial charge in [-0.1, -0.05) is 0 Å². The Labute approximate surface area is 164 Å². The van der Waals surface area contributed by atoms with Gasteiger partial charge in [-0.15, -0.1) is 0 Å². The molecule has 3 rings (SSSR count). The normalized spacial score (nSPS) is 11.1. The summed E-state index contributed by atoms with van der Waals surface area (Å²) in [5.41, 5.74) is 2.10. The topological polar surface area (TPSA) is 144 Å². The Morgan fingerprint density at radius 2 is 1.66 bits per heavy atom. The van der Waals surface area contributed by atoms with Crippen LogP contribution in [0.5, 0.6) is 0 Å². The van der Waals surface area contributed by atoms with Crippen molar-refractivity contribution in [3.05, 3.63) is 45.5 Å². The number of amides is 1. The number of carbonyl (C=O) groups excluding carboxylic acids is 3. The van der Waals surface area contributed by atoms with E-state index in [4.69, 9.17) is 8.83 Å². The summed E-state index contributed by atoms with van der Waals surface area (Å²) in [4.78, 5) is 46.8. The van der Waals surface area contributed by atoms with E-state index in [9.17, 15) is 29.4 Å². The Hall–Kier alpha value is -3.62. The van der Waals surface area contributed by atoms with E-state index >= 15 is 0 Å². The lowest BCUT2D eigenvalue weighted by Gasteiger charge is -2.23. The molecule has 0 aliphatic carbocycles. The number of carbonyl (C=O) groups is 3. The standard InChI is InChI=1S/C20H19NO8/c1-10-9-28-15-6-16-14(5-13(10)15)11(2)12(20(27)29-16)3-4-17(22)21(7-18(23)24)8-19(25)26/h5-6,9H,3-4,7-8H2,1-2H3,(H,23,24)(H,25,26)/p-2. The molecule has 0 radical (unpaired) electrons. The fourth-order valence-electron chi connectivity index (χ4n) is 3.26. The highest BCUT2D eigenvalue weighted by Crippen LogP contribution is 2.29. The van der Waals surface area contributed by atoms with Gasteiger partial charge in [0.15, 0.2) is 0 Å². The van der Waals surface area contributed by atoms with Crippen molar-refractivity contribution in [2.24, 2.45) is 0 Å². The SMILES string of the molecule is Cc1coc2cc3oc(=O)c(CCC(=O)N(CC(=O)[O-])CC(=O)[O-])c(C)c3cc12. The molecule has 29 heavy (non-hydrogen) atoms. The third-order valence-corrected chi connectivity index (χ3v) is 4.76. The van der Waals surface area contributed by atoms with Crippen molar-refractivity contribution in [3.8, 4) is 0 Å². The molecule has 9 nitrogen and oxygen atoms in total. The second kappa shape index (κ2) is 7.78. The Bertz CT molecular complexity index is 1170. The van der Waals surface area contributed by atoms with Crippen LogP contribution in [0.1, 0.15) is 23.1 Å². The number of benzene rings is 1. The molecule has 0 spiro atoms. The van der Waals surface area contributed by atoms with E-state index < -0.39 is 36.6 Å². The molecule has 1 amide bonds. The quantitative estimate of drug-likeness (QED) is 0.480. The molecule has 0 bridgehead atoms. The van der Waals surface area contributed by atoms with Crippen molar-refractivity contribution in [1.82, 2.24) is 4.90 Å². The van der Waals surface area contributed by atoms with Gasteiger partial charge in [-0.05, 0) is 37.5 Å². The number of carboxylic acid groups (broad SMARTS) is 2. The largest absolute Gasteiger partial charge is 0.548 e. The molecule has 152 valence electrons. The van der Waals surface area contributed by atoms with Crippen molar-refractivity contribution >= 4 is 39.8 Å². The van der Waals surface area contributed by atoms with Gasteiger partial charge in [0, 0.05) is 28.8 Å². The van der Waals surface area contributed by atoms with Gasteiger partial charge >= 0.3 is 5.63 Å². The molecule has 0 aliphatic heterocycles. The van der Waals surface area contributed by atoms with Crippen LogP contribution in [0, 0.1) is 13.8 Å². The highest BCUT2D eigenvalue weighted by molar-refractivity contribution is 5.96. The first kappa shape index (κ1) is 20.1. The molecule has 0 saturated heterocycles. The lowest BCUT2D eigenvalue weighted by Crippen LogP contribution is -2.47. The Morgan fingerprint density at radius 1 is 1.00 bits per heavy atom. The molecule has 0 atom stereocenters. The predicted octanol–water partition coefficient (Wildman–Crippen LogP) is -0.583. The molecule has 0 aliphatic rings. The van der Waals surface area contributed by atoms with Crippen LogP contribution in [0.25, 0.3) is 21.9 Å². The third kappa shape index (κ3) is 4.13. The molecule has 3 aromatic rings. The van der Waals surface area contributed by atoms with Crippen LogP contribution in [0.4, 0.5) is 0 Å². The summed E-state index contributed by atoms with van der Waals surface area (Å²) in [5, 5.41) is 23.0. The van der Waals surface area contributed by atoms with Crippen LogP contribution in [0.15, 0.2) is 32.0 Å². The van der Waals surface area contributed by atoms with Crippen LogP contribution < -0.4 is 15.8 Å². The molecule has 2 aromatic heterocycles. The fourth-order valence-corrected chi connectivity index (χ4v) is 3.26. The number of aryl methyl sites for hydroxylation is 2. The van der Waals surface area contributed by atoms with E-state index in [2.05, 4.69) is 0 Å². The van der Waals surface area contributed by atoms with Crippen molar-refractivity contribution in [1.29, 1.82) is 0 Å². The zero-order chi connectivity index (χ0) is 21.3. The Morgan fingerprint density at radius 3 is 2.28 bits per heavy atom. The maximum Gasteiger partial charge on any atom is 0.339 e. The molecule has 0 fully saturated rings. The first-order valence-electron chi connectivity index (χ1n) is 8.79. The lowest BCUT2D eigenvalue weighted by molar-refractivity contribution is -0.309. The number of nitrogens with zero attached hydrogens (tertiary/aromatic N) is 1. The number of furan rings is 1. The van der Waals surface area contributed by atoms with Gasteiger partial charge in [0.05, 0.1) is 31.3 Å². The highest BCUT2D eigenvalue weighted by atomic mass is 16.4. The van der Waals surface area contributed by atoms with Gasteiger partial charge in [-0.3, -0.25) is 4.79 Å². The Kier molecular flexibility index (Phi) is 5.40. The highest BCUT2D eigenvalue weighted by Gasteiger charge is 2.18. The molecule has 9 heteroatoms. The Balaban J connectivity index is 1.91. The average molecular weight is 399 g/mol. The van der Waals surface area contributed by atoms with Gasteiger partial charge < -0.3 is 33.5 Å². The van der Waals surface area contributed by atoms with E-state index in [-0.39, 0.29) is 18.4 Å². The number of hydrogen-bond donors (Lipinski definition) is 0. The van der Waals surface area contributed by atoms with E-state index in [1.165, 1.54) is 0 Å². The molecular formula is C20H17NO8-2. The zero-order valence-electron chi connectivity index (χ0n) is 15.8. The smallest absolute Gasteiger partial charge is 0.339 e. The second-order valence-corrected chi connectivity index (χ2v) is 6.75. The summed E-state index contributed by atoms with van der Waals surface area (Å²) in [7, 11) is 0. The monoisotopic (exact) mass is 399 g/mol. The van der Waals surface area contributed by atoms with Crippen LogP contribution >= 0.6 is 0 Å². The molecular weight excluding hydrogens is 382 g/mol. The van der Waals surface area contributed by atoms with E-state index in [0.717, 1.165) is 10.9 Å². The van der Waals surface area contributed by atoms with Crippen LogP contribution in [-0.4, -0.2) is 35.8 Å². The van der Waals surface area contributed by atoms with E-state index in [0.29, 0.717) is 27.0 Å². The first-order valence-corrected chi connectivity index (χ1v) is 8.79. The van der Waals surface area contributed by atoms with Crippen LogP contribution in [0.3, 0.4) is 0 Å². The molecule has 0 saturated carbocycles. The maximum absolute atomic E-state index is 12.4. The van der Waals surface area contributed by atoms with E-state index in [1.54, 1.807) is 19.3 Å². The first-order chi connectivity index (χ1) is 13.7. The molecule has 0 N–H and O–H groups in total. The van der Waals surface area contributed by atoms with Crippen molar-refractivity contribution < 1.29 is 33.4 Å². The minimum Gasteiger partial charge on any atom is -0.548 e. The van der Waals surface area contributed by atoms with Gasteiger partial charge in [-0.25, -0.2) is 4.79 Å². The third-order valence-electron chi connectivity index (χ3n) is 4.76. The lowest BCUT2D eigenvalue weighted by atomic mass is 10.0. The second-order valence-electron chi connectivity index (χ2n) is 6.75. The van der Waals surface area contributed by atoms with Crippen molar-refractivity contribution in [2.75, 3.05) is 13.1 Å². The molecule has 0 unspecified atom stereocenters. The van der Waals surface area contributed by atoms with Gasteiger partial charge in [0.1, 0.15) is 11.2 Å². The predicted molar refractivity (Wildman–Crippen MR) is 96.6 cm³/mol. The minimum absolute atomic E-state index is 0.0397. The summed E-state index contributed by atoms with van der Waals surface area (Å²) >= 11 is 0. The zero-order valence-corrected chi connectivity index (χ0v) is 15.8. The number of carboxylic acids is 2. The summed E-state index contributed by atoms with van der Waals surface area (Å²) in [6.45, 7) is 1.85. The fraction of sp³-hybridized carbons (Fsp3) is 0.300. The van der Waals surface area contributed by atoms with Crippen LogP contribution in [0.2, 0.25) is 0 Å². The summed E-state index contributed by atoms with van der Waals surface area (Å²) in [6, 6.07) is 3.47. The van der Waals surface area contributed by atoms with Crippen LogP contribution in [-0.2, 0) is 20.8 Å². The maximum atomic E-state index is 12.4. The number of aliphatic carboxylic acids is 2. The van der Waals surface area contributed by atoms with Gasteiger partial charge in [-0.2, -0.15) is 0 Å². The van der Waals surface area contributed by atoms with Gasteiger partial charge in [0.25, 0.3) is 0 Å². The minimum atomic E-state index is -1.60. The number of fused-ring (bicyclic) bond motifs is 2.